The predicted octanol–water partition coefficient (Wildman–Crippen LogP) is 4.51. The summed E-state index contributed by atoms with van der Waals surface area (Å²) in [4.78, 5) is 27.1. The molecule has 2 amide bonds. The maximum Gasteiger partial charge on any atom is 0.252 e. The number of carbonyl (C=O) groups is 2. The Labute approximate surface area is 197 Å². The van der Waals surface area contributed by atoms with Crippen LogP contribution in [0.15, 0.2) is 47.4 Å². The summed E-state index contributed by atoms with van der Waals surface area (Å²) in [5, 5.41) is 0.172. The van der Waals surface area contributed by atoms with Crippen molar-refractivity contribution in [2.24, 2.45) is 0 Å². The Kier molecular flexibility index (Phi) is 6.91. The van der Waals surface area contributed by atoms with Crippen molar-refractivity contribution < 1.29 is 22.7 Å². The number of ether oxygens (including phenoxy) is 1. The van der Waals surface area contributed by atoms with Gasteiger partial charge in [-0.15, -0.1) is 0 Å². The van der Waals surface area contributed by atoms with E-state index in [1.807, 2.05) is 6.92 Å². The predicted molar refractivity (Wildman–Crippen MR) is 124 cm³/mol. The van der Waals surface area contributed by atoms with E-state index in [1.54, 1.807) is 38.1 Å². The number of carbonyl (C=O) groups excluding carboxylic acids is 2. The SMILES string of the molecule is CCC(C)(C)N(C1CC(=O)N(c2ccc(OC)cc2)C1=O)S(=O)(=O)c1cc(Cl)ccc1Cl. The summed E-state index contributed by atoms with van der Waals surface area (Å²) in [6, 6.07) is 9.30. The van der Waals surface area contributed by atoms with E-state index >= 15 is 0 Å². The largest absolute Gasteiger partial charge is 0.497 e. The fourth-order valence-corrected chi connectivity index (χ4v) is 6.38. The van der Waals surface area contributed by atoms with E-state index in [1.165, 1.54) is 25.3 Å². The molecule has 3 rings (SSSR count). The molecule has 1 saturated heterocycles. The van der Waals surface area contributed by atoms with Gasteiger partial charge in [0, 0.05) is 10.6 Å². The molecule has 0 aliphatic carbocycles. The van der Waals surface area contributed by atoms with E-state index in [2.05, 4.69) is 0 Å². The van der Waals surface area contributed by atoms with E-state index in [4.69, 9.17) is 27.9 Å². The molecule has 0 aromatic heterocycles. The first-order valence-electron chi connectivity index (χ1n) is 9.94. The third-order valence-corrected chi connectivity index (χ3v) is 8.47. The van der Waals surface area contributed by atoms with Crippen molar-refractivity contribution in [3.63, 3.8) is 0 Å². The molecule has 172 valence electrons. The zero-order valence-electron chi connectivity index (χ0n) is 18.1. The quantitative estimate of drug-likeness (QED) is 0.524. The highest BCUT2D eigenvalue weighted by Gasteiger charge is 2.51. The van der Waals surface area contributed by atoms with Crippen LogP contribution in [0, 0.1) is 0 Å². The number of hydrogen-bond acceptors (Lipinski definition) is 5. The number of benzene rings is 2. The maximum absolute atomic E-state index is 13.8. The maximum atomic E-state index is 13.8. The van der Waals surface area contributed by atoms with Crippen molar-refractivity contribution >= 4 is 50.7 Å². The summed E-state index contributed by atoms with van der Waals surface area (Å²) in [5.41, 5.74) is -0.642. The third-order valence-electron chi connectivity index (χ3n) is 5.63. The van der Waals surface area contributed by atoms with Gasteiger partial charge in [-0.1, -0.05) is 30.1 Å². The molecule has 0 spiro atoms. The first-order chi connectivity index (χ1) is 14.9. The van der Waals surface area contributed by atoms with Gasteiger partial charge in [-0.25, -0.2) is 13.3 Å². The average molecular weight is 499 g/mol. The number of hydrogen-bond donors (Lipinski definition) is 0. The van der Waals surface area contributed by atoms with Crippen molar-refractivity contribution in [3.05, 3.63) is 52.5 Å². The Balaban J connectivity index is 2.10. The number of halogens is 2. The molecule has 0 saturated carbocycles. The summed E-state index contributed by atoms with van der Waals surface area (Å²) in [6.07, 6.45) is 0.108. The number of imide groups is 1. The van der Waals surface area contributed by atoms with Gasteiger partial charge >= 0.3 is 0 Å². The molecule has 0 radical (unpaired) electrons. The Morgan fingerprint density at radius 2 is 1.75 bits per heavy atom. The number of rotatable bonds is 7. The Morgan fingerprint density at radius 1 is 1.12 bits per heavy atom. The van der Waals surface area contributed by atoms with Gasteiger partial charge < -0.3 is 4.74 Å². The van der Waals surface area contributed by atoms with Gasteiger partial charge in [0.2, 0.25) is 15.9 Å². The molecular formula is C22H24Cl2N2O5S. The molecular weight excluding hydrogens is 475 g/mol. The first kappa shape index (κ1) is 24.5. The smallest absolute Gasteiger partial charge is 0.252 e. The highest BCUT2D eigenvalue weighted by Crippen LogP contribution is 2.38. The number of nitrogens with zero attached hydrogens (tertiary/aromatic N) is 2. The van der Waals surface area contributed by atoms with Crippen molar-refractivity contribution in [2.75, 3.05) is 12.0 Å². The Morgan fingerprint density at radius 3 is 2.31 bits per heavy atom. The summed E-state index contributed by atoms with van der Waals surface area (Å²) in [5.74, 6) is -0.547. The van der Waals surface area contributed by atoms with Crippen molar-refractivity contribution in [1.29, 1.82) is 0 Å². The van der Waals surface area contributed by atoms with Crippen molar-refractivity contribution in [1.82, 2.24) is 4.31 Å². The number of sulfonamides is 1. The molecule has 1 atom stereocenters. The van der Waals surface area contributed by atoms with Gasteiger partial charge in [-0.2, -0.15) is 4.31 Å². The van der Waals surface area contributed by atoms with Crippen LogP contribution in [0.3, 0.4) is 0 Å². The van der Waals surface area contributed by atoms with Crippen LogP contribution < -0.4 is 9.64 Å². The average Bonchev–Trinajstić information content (AvgIpc) is 3.02. The van der Waals surface area contributed by atoms with Crippen LogP contribution in [0.2, 0.25) is 10.0 Å². The molecule has 32 heavy (non-hydrogen) atoms. The molecule has 1 aliphatic heterocycles. The van der Waals surface area contributed by atoms with E-state index in [9.17, 15) is 18.0 Å². The zero-order chi connectivity index (χ0) is 23.8. The summed E-state index contributed by atoms with van der Waals surface area (Å²) in [7, 11) is -2.78. The monoisotopic (exact) mass is 498 g/mol. The van der Waals surface area contributed by atoms with Crippen LogP contribution in [-0.2, 0) is 19.6 Å². The van der Waals surface area contributed by atoms with Crippen LogP contribution in [0.1, 0.15) is 33.6 Å². The number of methoxy groups -OCH3 is 1. The molecule has 2 aromatic carbocycles. The fraction of sp³-hybridized carbons (Fsp3) is 0.364. The molecule has 1 fully saturated rings. The lowest BCUT2D eigenvalue weighted by Crippen LogP contribution is -2.55. The number of anilines is 1. The van der Waals surface area contributed by atoms with Gasteiger partial charge in [0.05, 0.1) is 24.2 Å². The van der Waals surface area contributed by atoms with Crippen LogP contribution >= 0.6 is 23.2 Å². The lowest BCUT2D eigenvalue weighted by molar-refractivity contribution is -0.122. The van der Waals surface area contributed by atoms with Crippen LogP contribution in [-0.4, -0.2) is 43.2 Å². The van der Waals surface area contributed by atoms with Gasteiger partial charge in [0.1, 0.15) is 16.7 Å². The topological polar surface area (TPSA) is 84.0 Å². The van der Waals surface area contributed by atoms with Gasteiger partial charge in [-0.05, 0) is 62.7 Å². The lowest BCUT2D eigenvalue weighted by atomic mass is 10.00. The van der Waals surface area contributed by atoms with Crippen molar-refractivity contribution in [3.8, 4) is 5.75 Å². The minimum atomic E-state index is -4.28. The molecule has 7 nitrogen and oxygen atoms in total. The molecule has 1 heterocycles. The molecule has 10 heteroatoms. The second kappa shape index (κ2) is 9.02. The summed E-state index contributed by atoms with van der Waals surface area (Å²) in [6.45, 7) is 5.22. The molecule has 0 N–H and O–H groups in total. The van der Waals surface area contributed by atoms with E-state index in [-0.39, 0.29) is 21.4 Å². The fourth-order valence-electron chi connectivity index (χ4n) is 3.65. The van der Waals surface area contributed by atoms with E-state index < -0.39 is 33.4 Å². The second-order valence-corrected chi connectivity index (χ2v) is 10.7. The number of amides is 2. The molecule has 1 aliphatic rings. The molecule has 0 bridgehead atoms. The summed E-state index contributed by atoms with van der Waals surface area (Å²) < 4.78 is 33.7. The first-order valence-corrected chi connectivity index (χ1v) is 12.1. The zero-order valence-corrected chi connectivity index (χ0v) is 20.5. The summed E-state index contributed by atoms with van der Waals surface area (Å²) >= 11 is 12.2. The highest BCUT2D eigenvalue weighted by molar-refractivity contribution is 7.89. The standard InChI is InChI=1S/C22H24Cl2N2O5S/c1-5-22(2,3)26(32(29,30)19-12-14(23)6-11-17(19)24)18-13-20(27)25(21(18)28)15-7-9-16(31-4)10-8-15/h6-12,18H,5,13H2,1-4H3. The normalized spacial score (nSPS) is 17.3. The molecule has 1 unspecified atom stereocenters. The van der Waals surface area contributed by atoms with Gasteiger partial charge in [0.25, 0.3) is 5.91 Å². The van der Waals surface area contributed by atoms with E-state index in [0.29, 0.717) is 17.9 Å². The van der Waals surface area contributed by atoms with Crippen molar-refractivity contribution in [2.45, 2.75) is 50.1 Å². The Hall–Kier alpha value is -2.13. The van der Waals surface area contributed by atoms with Crippen LogP contribution in [0.4, 0.5) is 5.69 Å². The molecule has 2 aromatic rings. The lowest BCUT2D eigenvalue weighted by Gasteiger charge is -2.39. The van der Waals surface area contributed by atoms with Gasteiger partial charge in [0.15, 0.2) is 0 Å². The van der Waals surface area contributed by atoms with Gasteiger partial charge in [-0.3, -0.25) is 9.59 Å². The second-order valence-electron chi connectivity index (χ2n) is 8.03. The third kappa shape index (κ3) is 4.37. The van der Waals surface area contributed by atoms with Crippen LogP contribution in [0.5, 0.6) is 5.75 Å². The van der Waals surface area contributed by atoms with E-state index in [0.717, 1.165) is 9.21 Å². The minimum Gasteiger partial charge on any atom is -0.497 e. The van der Waals surface area contributed by atoms with Crippen LogP contribution in [0.25, 0.3) is 0 Å². The highest BCUT2D eigenvalue weighted by atomic mass is 35.5. The Bertz CT molecular complexity index is 1150. The minimum absolute atomic E-state index is 0.0184.